The number of rotatable bonds is 4. The fourth-order valence-corrected chi connectivity index (χ4v) is 2.57. The summed E-state index contributed by atoms with van der Waals surface area (Å²) in [6, 6.07) is 6.55. The van der Waals surface area contributed by atoms with Gasteiger partial charge in [0.2, 0.25) is 0 Å². The molecule has 0 bridgehead atoms. The third kappa shape index (κ3) is 2.09. The summed E-state index contributed by atoms with van der Waals surface area (Å²) in [7, 11) is 0. The van der Waals surface area contributed by atoms with Crippen LogP contribution in [-0.2, 0) is 6.42 Å². The molecule has 1 aliphatic heterocycles. The van der Waals surface area contributed by atoms with Crippen LogP contribution in [-0.4, -0.2) is 5.60 Å². The Kier molecular flexibility index (Phi) is 3.22. The van der Waals surface area contributed by atoms with Crippen molar-refractivity contribution < 1.29 is 4.74 Å². The molecule has 1 unspecified atom stereocenters. The van der Waals surface area contributed by atoms with Gasteiger partial charge in [-0.25, -0.2) is 0 Å². The summed E-state index contributed by atoms with van der Waals surface area (Å²) in [5.74, 6) is 1.11. The summed E-state index contributed by atoms with van der Waals surface area (Å²) in [6.45, 7) is 6.64. The topological polar surface area (TPSA) is 9.23 Å². The average molecular weight is 218 g/mol. The number of aryl methyl sites for hydroxylation is 1. The van der Waals surface area contributed by atoms with E-state index in [1.807, 2.05) is 0 Å². The molecule has 1 heterocycles. The zero-order valence-electron chi connectivity index (χ0n) is 10.7. The van der Waals surface area contributed by atoms with Crippen molar-refractivity contribution in [3.05, 3.63) is 29.3 Å². The van der Waals surface area contributed by atoms with E-state index in [9.17, 15) is 0 Å². The van der Waals surface area contributed by atoms with E-state index in [2.05, 4.69) is 39.0 Å². The Bertz CT molecular complexity index is 370. The Morgan fingerprint density at radius 2 is 2.12 bits per heavy atom. The van der Waals surface area contributed by atoms with E-state index in [1.54, 1.807) is 0 Å². The second-order valence-electron chi connectivity index (χ2n) is 5.03. The van der Waals surface area contributed by atoms with Gasteiger partial charge in [-0.15, -0.1) is 0 Å². The van der Waals surface area contributed by atoms with Gasteiger partial charge in [0, 0.05) is 6.42 Å². The molecule has 0 aliphatic carbocycles. The van der Waals surface area contributed by atoms with Gasteiger partial charge in [-0.1, -0.05) is 38.0 Å². The fraction of sp³-hybridized carbons (Fsp3) is 0.600. The fourth-order valence-electron chi connectivity index (χ4n) is 2.57. The molecule has 0 saturated heterocycles. The third-order valence-electron chi connectivity index (χ3n) is 3.69. The number of hydrogen-bond donors (Lipinski definition) is 0. The Hall–Kier alpha value is -0.980. The highest BCUT2D eigenvalue weighted by molar-refractivity contribution is 5.41. The Morgan fingerprint density at radius 1 is 1.31 bits per heavy atom. The van der Waals surface area contributed by atoms with Crippen LogP contribution in [0.1, 0.15) is 50.7 Å². The van der Waals surface area contributed by atoms with E-state index in [1.165, 1.54) is 30.4 Å². The maximum absolute atomic E-state index is 6.20. The van der Waals surface area contributed by atoms with Gasteiger partial charge >= 0.3 is 0 Å². The first kappa shape index (κ1) is 11.5. The lowest BCUT2D eigenvalue weighted by Gasteiger charge is -2.27. The standard InChI is InChI=1S/C15H22O/c1-4-6-9-15(5-2)11-13-10-12(3)7-8-14(13)16-15/h7-8,10H,4-6,9,11H2,1-3H3. The lowest BCUT2D eigenvalue weighted by molar-refractivity contribution is 0.0776. The smallest absolute Gasteiger partial charge is 0.123 e. The molecule has 1 atom stereocenters. The molecule has 1 aromatic rings. The van der Waals surface area contributed by atoms with Crippen molar-refractivity contribution in [2.24, 2.45) is 0 Å². The van der Waals surface area contributed by atoms with Crippen molar-refractivity contribution >= 4 is 0 Å². The summed E-state index contributed by atoms with van der Waals surface area (Å²) in [6.07, 6.45) is 5.91. The molecular formula is C15H22O. The zero-order chi connectivity index (χ0) is 11.6. The number of ether oxygens (including phenoxy) is 1. The minimum Gasteiger partial charge on any atom is -0.487 e. The van der Waals surface area contributed by atoms with Crippen molar-refractivity contribution in [3.63, 3.8) is 0 Å². The van der Waals surface area contributed by atoms with Gasteiger partial charge < -0.3 is 4.74 Å². The second-order valence-corrected chi connectivity index (χ2v) is 5.03. The SMILES string of the molecule is CCCCC1(CC)Cc2cc(C)ccc2O1. The number of fused-ring (bicyclic) bond motifs is 1. The van der Waals surface area contributed by atoms with Crippen molar-refractivity contribution in [1.82, 2.24) is 0 Å². The largest absolute Gasteiger partial charge is 0.487 e. The maximum Gasteiger partial charge on any atom is 0.123 e. The molecule has 0 fully saturated rings. The summed E-state index contributed by atoms with van der Waals surface area (Å²) < 4.78 is 6.20. The predicted octanol–water partition coefficient (Wildman–Crippen LogP) is 4.27. The molecule has 0 amide bonds. The molecule has 1 aliphatic rings. The highest BCUT2D eigenvalue weighted by Crippen LogP contribution is 2.40. The number of unbranched alkanes of at least 4 members (excludes halogenated alkanes) is 1. The van der Waals surface area contributed by atoms with E-state index >= 15 is 0 Å². The molecule has 1 aromatic carbocycles. The van der Waals surface area contributed by atoms with Crippen LogP contribution in [0.4, 0.5) is 0 Å². The minimum atomic E-state index is 0.0894. The van der Waals surface area contributed by atoms with Crippen molar-refractivity contribution in [1.29, 1.82) is 0 Å². The first-order chi connectivity index (χ1) is 7.69. The normalized spacial score (nSPS) is 22.9. The van der Waals surface area contributed by atoms with Gasteiger partial charge in [0.05, 0.1) is 0 Å². The lowest BCUT2D eigenvalue weighted by atomic mass is 9.89. The van der Waals surface area contributed by atoms with Gasteiger partial charge in [-0.3, -0.25) is 0 Å². The molecule has 0 spiro atoms. The molecule has 0 saturated carbocycles. The van der Waals surface area contributed by atoms with Crippen LogP contribution < -0.4 is 4.74 Å². The average Bonchev–Trinajstić information content (AvgIpc) is 2.65. The molecule has 0 aromatic heterocycles. The van der Waals surface area contributed by atoms with Crippen molar-refractivity contribution in [2.45, 2.75) is 58.5 Å². The van der Waals surface area contributed by atoms with E-state index in [0.717, 1.165) is 18.6 Å². The van der Waals surface area contributed by atoms with E-state index in [4.69, 9.17) is 4.74 Å². The summed E-state index contributed by atoms with van der Waals surface area (Å²) in [5, 5.41) is 0. The lowest BCUT2D eigenvalue weighted by Crippen LogP contribution is -2.33. The molecule has 0 N–H and O–H groups in total. The van der Waals surface area contributed by atoms with E-state index < -0.39 is 0 Å². The van der Waals surface area contributed by atoms with Crippen LogP contribution in [0, 0.1) is 6.92 Å². The van der Waals surface area contributed by atoms with Crippen molar-refractivity contribution in [3.8, 4) is 5.75 Å². The van der Waals surface area contributed by atoms with Crippen molar-refractivity contribution in [2.75, 3.05) is 0 Å². The Balaban J connectivity index is 2.18. The highest BCUT2D eigenvalue weighted by atomic mass is 16.5. The summed E-state index contributed by atoms with van der Waals surface area (Å²) in [4.78, 5) is 0. The van der Waals surface area contributed by atoms with Crippen LogP contribution >= 0.6 is 0 Å². The monoisotopic (exact) mass is 218 g/mol. The molecule has 0 radical (unpaired) electrons. The van der Waals surface area contributed by atoms with Gasteiger partial charge in [0.15, 0.2) is 0 Å². The second kappa shape index (κ2) is 4.48. The van der Waals surface area contributed by atoms with Crippen LogP contribution in [0.5, 0.6) is 5.75 Å². The number of hydrogen-bond acceptors (Lipinski definition) is 1. The quantitative estimate of drug-likeness (QED) is 0.733. The van der Waals surface area contributed by atoms with Crippen LogP contribution in [0.2, 0.25) is 0 Å². The van der Waals surface area contributed by atoms with E-state index in [-0.39, 0.29) is 5.60 Å². The first-order valence-corrected chi connectivity index (χ1v) is 6.47. The zero-order valence-corrected chi connectivity index (χ0v) is 10.7. The first-order valence-electron chi connectivity index (χ1n) is 6.47. The molecule has 16 heavy (non-hydrogen) atoms. The van der Waals surface area contributed by atoms with Gasteiger partial charge in [0.25, 0.3) is 0 Å². The Morgan fingerprint density at radius 3 is 2.81 bits per heavy atom. The highest BCUT2D eigenvalue weighted by Gasteiger charge is 2.36. The number of benzene rings is 1. The van der Waals surface area contributed by atoms with Crippen LogP contribution in [0.25, 0.3) is 0 Å². The molecule has 88 valence electrons. The molecule has 1 nitrogen and oxygen atoms in total. The summed E-state index contributed by atoms with van der Waals surface area (Å²) in [5.41, 5.74) is 2.83. The Labute approximate surface area is 98.8 Å². The van der Waals surface area contributed by atoms with Gasteiger partial charge in [-0.2, -0.15) is 0 Å². The van der Waals surface area contributed by atoms with Gasteiger partial charge in [0.1, 0.15) is 11.4 Å². The predicted molar refractivity (Wildman–Crippen MR) is 68.1 cm³/mol. The van der Waals surface area contributed by atoms with Crippen LogP contribution in [0.15, 0.2) is 18.2 Å². The molecule has 2 rings (SSSR count). The van der Waals surface area contributed by atoms with E-state index in [0.29, 0.717) is 0 Å². The molecule has 1 heteroatoms. The maximum atomic E-state index is 6.20. The minimum absolute atomic E-state index is 0.0894. The summed E-state index contributed by atoms with van der Waals surface area (Å²) >= 11 is 0. The van der Waals surface area contributed by atoms with Crippen LogP contribution in [0.3, 0.4) is 0 Å². The third-order valence-corrected chi connectivity index (χ3v) is 3.69. The van der Waals surface area contributed by atoms with Gasteiger partial charge in [-0.05, 0) is 37.8 Å². The molecular weight excluding hydrogens is 196 g/mol.